The van der Waals surface area contributed by atoms with E-state index in [1.165, 1.54) is 5.56 Å². The Morgan fingerprint density at radius 1 is 1.33 bits per heavy atom. The highest BCUT2D eigenvalue weighted by molar-refractivity contribution is 5.91. The van der Waals surface area contributed by atoms with Crippen LogP contribution in [0.3, 0.4) is 0 Å². The van der Waals surface area contributed by atoms with Gasteiger partial charge < -0.3 is 10.6 Å². The Kier molecular flexibility index (Phi) is 2.86. The highest BCUT2D eigenvalue weighted by Gasteiger charge is 2.53. The van der Waals surface area contributed by atoms with Gasteiger partial charge in [0.2, 0.25) is 5.91 Å². The molecule has 1 amide bonds. The molecule has 1 aliphatic heterocycles. The maximum atomic E-state index is 12.7. The maximum absolute atomic E-state index is 12.7. The summed E-state index contributed by atoms with van der Waals surface area (Å²) in [5.74, 6) is 0.824. The van der Waals surface area contributed by atoms with E-state index in [9.17, 15) is 4.79 Å². The molecule has 2 fully saturated rings. The zero-order valence-electron chi connectivity index (χ0n) is 10.6. The van der Waals surface area contributed by atoms with Gasteiger partial charge in [-0.25, -0.2) is 0 Å². The second-order valence-electron chi connectivity index (χ2n) is 5.59. The number of nitrogens with zero attached hydrogens (tertiary/aromatic N) is 1. The highest BCUT2D eigenvalue weighted by Crippen LogP contribution is 2.50. The van der Waals surface area contributed by atoms with Crippen molar-refractivity contribution in [1.82, 2.24) is 4.90 Å². The van der Waals surface area contributed by atoms with Gasteiger partial charge in [0.25, 0.3) is 0 Å². The van der Waals surface area contributed by atoms with Crippen LogP contribution in [0.1, 0.15) is 24.8 Å². The van der Waals surface area contributed by atoms with Crippen molar-refractivity contribution in [2.24, 2.45) is 11.7 Å². The van der Waals surface area contributed by atoms with Crippen molar-refractivity contribution in [3.63, 3.8) is 0 Å². The zero-order chi connectivity index (χ0) is 12.6. The van der Waals surface area contributed by atoms with Gasteiger partial charge in [0.15, 0.2) is 0 Å². The molecule has 0 spiro atoms. The van der Waals surface area contributed by atoms with Crippen LogP contribution in [0.25, 0.3) is 0 Å². The smallest absolute Gasteiger partial charge is 0.233 e. The van der Waals surface area contributed by atoms with E-state index in [0.29, 0.717) is 18.4 Å². The Bertz CT molecular complexity index is 439. The Balaban J connectivity index is 1.77. The minimum Gasteiger partial charge on any atom is -0.342 e. The monoisotopic (exact) mass is 244 g/mol. The predicted molar refractivity (Wildman–Crippen MR) is 71.1 cm³/mol. The van der Waals surface area contributed by atoms with Crippen molar-refractivity contribution in [3.05, 3.63) is 35.9 Å². The van der Waals surface area contributed by atoms with Gasteiger partial charge in [-0.05, 0) is 37.3 Å². The van der Waals surface area contributed by atoms with Crippen molar-refractivity contribution in [3.8, 4) is 0 Å². The number of amides is 1. The first-order chi connectivity index (χ1) is 8.76. The average Bonchev–Trinajstić information content (AvgIpc) is 3.10. The summed E-state index contributed by atoms with van der Waals surface area (Å²) in [5.41, 5.74) is 6.68. The van der Waals surface area contributed by atoms with Gasteiger partial charge >= 0.3 is 0 Å². The van der Waals surface area contributed by atoms with E-state index >= 15 is 0 Å². The molecule has 0 aromatic heterocycles. The van der Waals surface area contributed by atoms with Gasteiger partial charge in [0.05, 0.1) is 5.41 Å². The van der Waals surface area contributed by atoms with Gasteiger partial charge in [0, 0.05) is 13.1 Å². The molecular weight excluding hydrogens is 224 g/mol. The molecule has 1 saturated carbocycles. The van der Waals surface area contributed by atoms with Crippen LogP contribution in [-0.2, 0) is 10.2 Å². The highest BCUT2D eigenvalue weighted by atomic mass is 16.2. The number of hydrogen-bond donors (Lipinski definition) is 1. The molecule has 18 heavy (non-hydrogen) atoms. The van der Waals surface area contributed by atoms with Crippen molar-refractivity contribution in [2.45, 2.75) is 24.7 Å². The van der Waals surface area contributed by atoms with Crippen LogP contribution in [0.15, 0.2) is 30.3 Å². The third kappa shape index (κ3) is 1.83. The molecule has 1 heterocycles. The third-order valence-corrected chi connectivity index (χ3v) is 4.39. The number of benzene rings is 1. The molecule has 96 valence electrons. The molecule has 1 aromatic carbocycles. The molecule has 1 saturated heterocycles. The zero-order valence-corrected chi connectivity index (χ0v) is 10.6. The van der Waals surface area contributed by atoms with E-state index in [2.05, 4.69) is 12.1 Å². The standard InChI is InChI=1S/C15H20N2O/c16-10-12-6-9-17(11-12)14(18)15(7-8-15)13-4-2-1-3-5-13/h1-5,12H,6-11,16H2/t12-/m1/s1. The number of carbonyl (C=O) groups excluding carboxylic acids is 1. The molecule has 2 N–H and O–H groups in total. The number of hydrogen-bond acceptors (Lipinski definition) is 2. The Morgan fingerprint density at radius 3 is 2.61 bits per heavy atom. The first kappa shape index (κ1) is 11.7. The summed E-state index contributed by atoms with van der Waals surface area (Å²) >= 11 is 0. The van der Waals surface area contributed by atoms with Crippen LogP contribution in [0.5, 0.6) is 0 Å². The Morgan fingerprint density at radius 2 is 2.06 bits per heavy atom. The number of nitrogens with two attached hydrogens (primary N) is 1. The van der Waals surface area contributed by atoms with Crippen LogP contribution in [0, 0.1) is 5.92 Å². The van der Waals surface area contributed by atoms with Crippen LogP contribution >= 0.6 is 0 Å². The van der Waals surface area contributed by atoms with Gasteiger partial charge in [-0.3, -0.25) is 4.79 Å². The van der Waals surface area contributed by atoms with E-state index in [4.69, 9.17) is 5.73 Å². The molecule has 3 nitrogen and oxygen atoms in total. The Labute approximate surface area is 108 Å². The second-order valence-corrected chi connectivity index (χ2v) is 5.59. The predicted octanol–water partition coefficient (Wildman–Crippen LogP) is 1.53. The van der Waals surface area contributed by atoms with Gasteiger partial charge in [-0.15, -0.1) is 0 Å². The fraction of sp³-hybridized carbons (Fsp3) is 0.533. The van der Waals surface area contributed by atoms with Crippen LogP contribution in [0.2, 0.25) is 0 Å². The molecule has 1 atom stereocenters. The molecule has 0 bridgehead atoms. The SMILES string of the molecule is NC[C@H]1CCN(C(=O)C2(c3ccccc3)CC2)C1. The van der Waals surface area contributed by atoms with E-state index in [0.717, 1.165) is 32.4 Å². The summed E-state index contributed by atoms with van der Waals surface area (Å²) < 4.78 is 0. The maximum Gasteiger partial charge on any atom is 0.233 e. The molecule has 1 aliphatic carbocycles. The minimum atomic E-state index is -0.204. The minimum absolute atomic E-state index is 0.204. The quantitative estimate of drug-likeness (QED) is 0.876. The number of likely N-dealkylation sites (tertiary alicyclic amines) is 1. The largest absolute Gasteiger partial charge is 0.342 e. The van der Waals surface area contributed by atoms with Crippen LogP contribution in [0.4, 0.5) is 0 Å². The number of rotatable bonds is 3. The topological polar surface area (TPSA) is 46.3 Å². The molecule has 3 rings (SSSR count). The summed E-state index contributed by atoms with van der Waals surface area (Å²) in [4.78, 5) is 14.7. The summed E-state index contributed by atoms with van der Waals surface area (Å²) in [6.45, 7) is 2.43. The average molecular weight is 244 g/mol. The van der Waals surface area contributed by atoms with Crippen LogP contribution in [-0.4, -0.2) is 30.4 Å². The van der Waals surface area contributed by atoms with Gasteiger partial charge in [0.1, 0.15) is 0 Å². The van der Waals surface area contributed by atoms with Crippen molar-refractivity contribution < 1.29 is 4.79 Å². The lowest BCUT2D eigenvalue weighted by Gasteiger charge is -2.23. The molecule has 3 heteroatoms. The lowest BCUT2D eigenvalue weighted by molar-refractivity contribution is -0.133. The van der Waals surface area contributed by atoms with Crippen molar-refractivity contribution in [1.29, 1.82) is 0 Å². The first-order valence-corrected chi connectivity index (χ1v) is 6.81. The molecular formula is C15H20N2O. The summed E-state index contributed by atoms with van der Waals surface area (Å²) in [6, 6.07) is 10.2. The lowest BCUT2D eigenvalue weighted by Crippen LogP contribution is -2.38. The van der Waals surface area contributed by atoms with Crippen molar-refractivity contribution >= 4 is 5.91 Å². The van der Waals surface area contributed by atoms with Crippen molar-refractivity contribution in [2.75, 3.05) is 19.6 Å². The molecule has 2 aliphatic rings. The molecule has 0 unspecified atom stereocenters. The van der Waals surface area contributed by atoms with Crippen LogP contribution < -0.4 is 5.73 Å². The number of carbonyl (C=O) groups is 1. The van der Waals surface area contributed by atoms with E-state index in [-0.39, 0.29) is 5.41 Å². The molecule has 1 aromatic rings. The third-order valence-electron chi connectivity index (χ3n) is 4.39. The van der Waals surface area contributed by atoms with Gasteiger partial charge in [-0.2, -0.15) is 0 Å². The fourth-order valence-corrected chi connectivity index (χ4v) is 3.02. The fourth-order valence-electron chi connectivity index (χ4n) is 3.02. The molecule has 0 radical (unpaired) electrons. The van der Waals surface area contributed by atoms with E-state index < -0.39 is 0 Å². The summed E-state index contributed by atoms with van der Waals surface area (Å²) in [6.07, 6.45) is 3.06. The Hall–Kier alpha value is -1.35. The lowest BCUT2D eigenvalue weighted by atomic mass is 9.94. The summed E-state index contributed by atoms with van der Waals surface area (Å²) in [7, 11) is 0. The van der Waals surface area contributed by atoms with E-state index in [1.54, 1.807) is 0 Å². The summed E-state index contributed by atoms with van der Waals surface area (Å²) in [5, 5.41) is 0. The van der Waals surface area contributed by atoms with Gasteiger partial charge in [-0.1, -0.05) is 30.3 Å². The van der Waals surface area contributed by atoms with E-state index in [1.807, 2.05) is 23.1 Å². The normalized spacial score (nSPS) is 25.2. The second kappa shape index (κ2) is 4.39. The first-order valence-electron chi connectivity index (χ1n) is 6.81.